The molecule has 8 heterocycles. The Morgan fingerprint density at radius 1 is 0.914 bits per heavy atom. The first-order valence-electron chi connectivity index (χ1n) is 23.3. The van der Waals surface area contributed by atoms with Crippen LogP contribution in [0.4, 0.5) is 0 Å². The van der Waals surface area contributed by atoms with E-state index >= 15 is 4.79 Å². The van der Waals surface area contributed by atoms with Crippen molar-refractivity contribution in [3.63, 3.8) is 0 Å². The van der Waals surface area contributed by atoms with Crippen molar-refractivity contribution in [2.75, 3.05) is 32.7 Å². The summed E-state index contributed by atoms with van der Waals surface area (Å²) in [6.45, 7) is 10.0. The molecule has 13 aliphatic rings. The zero-order valence-electron chi connectivity index (χ0n) is 34.6. The summed E-state index contributed by atoms with van der Waals surface area (Å²) < 4.78 is 14.2. The average molecular weight is 780 g/mol. The van der Waals surface area contributed by atoms with Crippen molar-refractivity contribution < 1.29 is 19.1 Å². The molecule has 5 aliphatic carbocycles. The summed E-state index contributed by atoms with van der Waals surface area (Å²) in [6, 6.07) is 16.2. The molecule has 2 aromatic rings. The van der Waals surface area contributed by atoms with E-state index in [1.165, 1.54) is 23.1 Å². The Morgan fingerprint density at radius 3 is 2.59 bits per heavy atom. The lowest BCUT2D eigenvalue weighted by Gasteiger charge is -2.72. The summed E-state index contributed by atoms with van der Waals surface area (Å²) in [6.07, 6.45) is 17.2. The third-order valence-corrected chi connectivity index (χ3v) is 17.9. The summed E-state index contributed by atoms with van der Waals surface area (Å²) in [5.41, 5.74) is 13.6. The minimum absolute atomic E-state index is 0.0609. The van der Waals surface area contributed by atoms with Crippen LogP contribution >= 0.6 is 0 Å². The van der Waals surface area contributed by atoms with Crippen LogP contribution in [0.1, 0.15) is 111 Å². The summed E-state index contributed by atoms with van der Waals surface area (Å²) in [4.78, 5) is 36.1. The molecule has 7 nitrogen and oxygen atoms in total. The van der Waals surface area contributed by atoms with Crippen LogP contribution in [0.2, 0.25) is 0 Å². The van der Waals surface area contributed by atoms with Crippen LogP contribution in [0.3, 0.4) is 0 Å². The number of aryl methyl sites for hydroxylation is 2. The monoisotopic (exact) mass is 779 g/mol. The van der Waals surface area contributed by atoms with Crippen LogP contribution in [0.25, 0.3) is 0 Å². The van der Waals surface area contributed by atoms with Gasteiger partial charge in [0.15, 0.2) is 5.60 Å². The largest absolute Gasteiger partial charge is 0.449 e. The first-order valence-corrected chi connectivity index (χ1v) is 23.3. The van der Waals surface area contributed by atoms with E-state index in [1.54, 1.807) is 11.3 Å². The van der Waals surface area contributed by atoms with Crippen LogP contribution in [-0.2, 0) is 39.1 Å². The van der Waals surface area contributed by atoms with Gasteiger partial charge >= 0.3 is 11.9 Å². The average Bonchev–Trinajstić information content (AvgIpc) is 3.66. The Kier molecular flexibility index (Phi) is 8.06. The van der Waals surface area contributed by atoms with Gasteiger partial charge in [0.25, 0.3) is 0 Å². The maximum atomic E-state index is 15.8. The van der Waals surface area contributed by atoms with Gasteiger partial charge in [-0.15, -0.1) is 0 Å². The van der Waals surface area contributed by atoms with Gasteiger partial charge in [0, 0.05) is 55.3 Å². The van der Waals surface area contributed by atoms with Crippen molar-refractivity contribution in [3.05, 3.63) is 105 Å². The van der Waals surface area contributed by atoms with Gasteiger partial charge in [0.05, 0.1) is 11.0 Å². The molecule has 0 radical (unpaired) electrons. The number of hydrogen-bond acceptors (Lipinski definition) is 7. The first-order chi connectivity index (χ1) is 28.3. The fourth-order valence-electron chi connectivity index (χ4n) is 16.1. The fourth-order valence-corrected chi connectivity index (χ4v) is 16.1. The minimum atomic E-state index is -0.962. The van der Waals surface area contributed by atoms with Gasteiger partial charge in [0.2, 0.25) is 0 Å². The predicted octanol–water partition coefficient (Wildman–Crippen LogP) is 8.27. The van der Waals surface area contributed by atoms with Crippen LogP contribution in [-0.4, -0.2) is 60.5 Å². The number of piperidine rings is 2. The molecule has 13 bridgehead atoms. The molecule has 0 amide bonds. The maximum absolute atomic E-state index is 15.8. The van der Waals surface area contributed by atoms with Crippen molar-refractivity contribution in [3.8, 4) is 0 Å². The Bertz CT molecular complexity index is 2190. The van der Waals surface area contributed by atoms with Crippen LogP contribution in [0.15, 0.2) is 77.2 Å². The number of nitrogens with zero attached hydrogens (tertiary/aromatic N) is 2. The summed E-state index contributed by atoms with van der Waals surface area (Å²) in [5.74, 6) is 3.43. The second kappa shape index (κ2) is 12.9. The zero-order valence-corrected chi connectivity index (χ0v) is 34.6. The number of ether oxygens (including phenoxy) is 2. The number of hydrogen-bond donors (Lipinski definition) is 1. The second-order valence-electron chi connectivity index (χ2n) is 20.6. The van der Waals surface area contributed by atoms with E-state index in [-0.39, 0.29) is 17.9 Å². The van der Waals surface area contributed by atoms with Crippen molar-refractivity contribution >= 4 is 11.9 Å². The van der Waals surface area contributed by atoms with Gasteiger partial charge in [0.1, 0.15) is 11.2 Å². The van der Waals surface area contributed by atoms with E-state index in [0.717, 1.165) is 126 Å². The zero-order chi connectivity index (χ0) is 39.1. The second-order valence-corrected chi connectivity index (χ2v) is 20.6. The van der Waals surface area contributed by atoms with Crippen molar-refractivity contribution in [1.82, 2.24) is 9.80 Å². The number of rotatable bonds is 3. The number of carbonyl (C=O) groups is 2. The molecule has 2 N–H and O–H groups in total. The maximum Gasteiger partial charge on any atom is 0.339 e. The Labute approximate surface area is 344 Å². The van der Waals surface area contributed by atoms with Gasteiger partial charge in [-0.2, -0.15) is 0 Å². The van der Waals surface area contributed by atoms with Crippen LogP contribution in [0, 0.1) is 52.3 Å². The summed E-state index contributed by atoms with van der Waals surface area (Å²) in [5, 5.41) is 0. The molecule has 3 spiro atoms. The van der Waals surface area contributed by atoms with Gasteiger partial charge < -0.3 is 20.1 Å². The molecular formula is C51H61N3O4. The standard InChI is InChI=1S/C51H61N3O4/c1-30-15-17-41-46-38-19-20-49-43(18-16-31(2)53-26-34-23-35(27-53)29-54(41)28-34)57-48(56)50(49)40(38)25-37(44(30)46)24-33-10-5-9-32(22-33)8-3-4-14-42(50)51(49)39-13-6-11-36(12-7-21-52)45(39)47(55)58-51/h5-6,9-11,13,17-18,22,30-31,34-35,37,42,44,46H,3-4,7-8,12,14-16,19-21,23-29,52H2,1-2H3/b43-18-/t30-,31+,34-,35+,37-,42-,44+,46-,49+,50-,51+/m0/s1. The Hall–Kier alpha value is -3.68. The summed E-state index contributed by atoms with van der Waals surface area (Å²) in [7, 11) is 0. The SMILES string of the molecule is C[C@@H]1C/C=C2\OC(=O)[C@@]34C5=C6CC[C@@]23[C@]2(OC(=O)c3c(CCCN)cccc32)[C@H]4CCCCc2cccc(c2)C[C@@H](C5)[C@@H]2[C@@H]6C(=CC[C@@H]2C)N2C[C@H]3C[C@@H](C2)CN1C3. The van der Waals surface area contributed by atoms with E-state index < -0.39 is 16.4 Å². The highest BCUT2D eigenvalue weighted by atomic mass is 16.6. The molecule has 8 aliphatic heterocycles. The lowest BCUT2D eigenvalue weighted by molar-refractivity contribution is -0.278. The minimum Gasteiger partial charge on any atom is -0.449 e. The van der Waals surface area contributed by atoms with Crippen molar-refractivity contribution in [1.29, 1.82) is 0 Å². The molecule has 304 valence electrons. The fraction of sp³-hybridized carbons (Fsp3) is 0.608. The molecule has 4 fully saturated rings. The van der Waals surface area contributed by atoms with Crippen molar-refractivity contribution in [2.24, 2.45) is 58.0 Å². The van der Waals surface area contributed by atoms with E-state index in [0.29, 0.717) is 48.1 Å². The molecule has 1 unspecified atom stereocenters. The topological polar surface area (TPSA) is 85.1 Å². The Balaban J connectivity index is 1.14. The Morgan fingerprint density at radius 2 is 1.74 bits per heavy atom. The highest BCUT2D eigenvalue weighted by Crippen LogP contribution is 2.87. The van der Waals surface area contributed by atoms with E-state index in [9.17, 15) is 4.79 Å². The van der Waals surface area contributed by atoms with Gasteiger partial charge in [-0.25, -0.2) is 4.79 Å². The molecule has 1 saturated carbocycles. The molecular weight excluding hydrogens is 719 g/mol. The molecule has 7 heteroatoms. The number of allylic oxidation sites excluding steroid dienone is 2. The van der Waals surface area contributed by atoms with Crippen LogP contribution in [0.5, 0.6) is 0 Å². The first kappa shape index (κ1) is 36.2. The number of carbonyl (C=O) groups excluding carboxylic acids is 2. The number of benzene rings is 2. The van der Waals surface area contributed by atoms with Gasteiger partial charge in [-0.05, 0) is 143 Å². The molecule has 12 atom stereocenters. The lowest BCUT2D eigenvalue weighted by Crippen LogP contribution is -2.77. The molecule has 2 aromatic carbocycles. The molecule has 0 aromatic heterocycles. The van der Waals surface area contributed by atoms with Crippen molar-refractivity contribution in [2.45, 2.75) is 109 Å². The third-order valence-electron chi connectivity index (χ3n) is 17.9. The molecule has 58 heavy (non-hydrogen) atoms. The predicted molar refractivity (Wildman–Crippen MR) is 223 cm³/mol. The number of nitrogens with two attached hydrogens (primary N) is 1. The number of fused-ring (bicyclic) bond motifs is 7. The number of esters is 2. The van der Waals surface area contributed by atoms with E-state index in [2.05, 4.69) is 78.3 Å². The van der Waals surface area contributed by atoms with Crippen LogP contribution < -0.4 is 5.73 Å². The third kappa shape index (κ3) is 4.53. The molecule has 3 saturated heterocycles. The van der Waals surface area contributed by atoms with E-state index in [1.807, 2.05) is 0 Å². The quantitative estimate of drug-likeness (QED) is 0.248. The highest BCUT2D eigenvalue weighted by molar-refractivity contribution is 6.00. The van der Waals surface area contributed by atoms with Gasteiger partial charge in [-0.3, -0.25) is 9.69 Å². The highest BCUT2D eigenvalue weighted by Gasteiger charge is 2.92. The normalized spacial score (nSPS) is 42.6. The summed E-state index contributed by atoms with van der Waals surface area (Å²) >= 11 is 0. The van der Waals surface area contributed by atoms with Gasteiger partial charge in [-0.1, -0.05) is 73.0 Å². The van der Waals surface area contributed by atoms with E-state index in [4.69, 9.17) is 15.2 Å². The molecule has 15 rings (SSSR count). The smallest absolute Gasteiger partial charge is 0.339 e. The lowest BCUT2D eigenvalue weighted by atomic mass is 9.28.